The number of amides is 1. The van der Waals surface area contributed by atoms with Gasteiger partial charge in [-0.3, -0.25) is 4.79 Å². The first-order valence-corrected chi connectivity index (χ1v) is 5.28. The van der Waals surface area contributed by atoms with E-state index >= 15 is 0 Å². The van der Waals surface area contributed by atoms with E-state index in [4.69, 9.17) is 5.73 Å². The molecule has 0 bridgehead atoms. The number of imidazole rings is 1. The lowest BCUT2D eigenvalue weighted by molar-refractivity contribution is -0.116. The third-order valence-corrected chi connectivity index (χ3v) is 2.43. The Morgan fingerprint density at radius 2 is 2.12 bits per heavy atom. The largest absolute Gasteiger partial charge is 0.399 e. The number of carbonyl (C=O) groups excluding carboxylic acids is 1. The summed E-state index contributed by atoms with van der Waals surface area (Å²) in [4.78, 5) is 15.8. The van der Waals surface area contributed by atoms with Crippen LogP contribution >= 0.6 is 0 Å². The van der Waals surface area contributed by atoms with Crippen molar-refractivity contribution in [1.29, 1.82) is 0 Å². The number of aromatic nitrogens is 2. The van der Waals surface area contributed by atoms with Gasteiger partial charge < -0.3 is 15.6 Å². The highest BCUT2D eigenvalue weighted by Gasteiger charge is 2.05. The number of rotatable bonds is 3. The average Bonchev–Trinajstić information content (AvgIpc) is 2.68. The van der Waals surface area contributed by atoms with E-state index in [0.717, 1.165) is 11.5 Å². The fourth-order valence-corrected chi connectivity index (χ4v) is 1.49. The number of nitrogens with zero attached hydrogens (tertiary/aromatic N) is 2. The first-order chi connectivity index (χ1) is 8.15. The van der Waals surface area contributed by atoms with E-state index in [1.807, 2.05) is 6.92 Å². The van der Waals surface area contributed by atoms with Crippen LogP contribution in [0.3, 0.4) is 0 Å². The zero-order chi connectivity index (χ0) is 12.3. The van der Waals surface area contributed by atoms with Gasteiger partial charge in [0.2, 0.25) is 5.91 Å². The maximum Gasteiger partial charge on any atom is 0.244 e. The molecule has 0 atom stereocenters. The van der Waals surface area contributed by atoms with Gasteiger partial charge in [-0.1, -0.05) is 0 Å². The summed E-state index contributed by atoms with van der Waals surface area (Å²) in [5.74, 6) is 0.730. The maximum atomic E-state index is 11.7. The normalized spacial score (nSPS) is 10.2. The summed E-state index contributed by atoms with van der Waals surface area (Å²) < 4.78 is 1.78. The standard InChI is InChI=1S/C12H14N4O/c1-9-14-6-7-16(9)8-12(17)15-11-4-2-10(13)3-5-11/h2-7H,8,13H2,1H3,(H,15,17). The van der Waals surface area contributed by atoms with Gasteiger partial charge in [0.15, 0.2) is 0 Å². The van der Waals surface area contributed by atoms with Crippen LogP contribution in [-0.4, -0.2) is 15.5 Å². The molecule has 0 radical (unpaired) electrons. The van der Waals surface area contributed by atoms with Crippen molar-refractivity contribution in [3.8, 4) is 0 Å². The molecule has 2 rings (SSSR count). The number of aryl methyl sites for hydroxylation is 1. The van der Waals surface area contributed by atoms with Gasteiger partial charge in [-0.2, -0.15) is 0 Å². The number of anilines is 2. The Morgan fingerprint density at radius 3 is 2.71 bits per heavy atom. The number of hydrogen-bond donors (Lipinski definition) is 2. The third kappa shape index (κ3) is 2.84. The summed E-state index contributed by atoms with van der Waals surface area (Å²) in [6.07, 6.45) is 3.45. The predicted molar refractivity (Wildman–Crippen MR) is 66.4 cm³/mol. The van der Waals surface area contributed by atoms with Crippen molar-refractivity contribution >= 4 is 17.3 Å². The van der Waals surface area contributed by atoms with Gasteiger partial charge in [0.1, 0.15) is 12.4 Å². The Morgan fingerprint density at radius 1 is 1.41 bits per heavy atom. The monoisotopic (exact) mass is 230 g/mol. The molecule has 0 saturated heterocycles. The molecule has 1 aromatic carbocycles. The number of nitrogens with one attached hydrogen (secondary N) is 1. The van der Waals surface area contributed by atoms with E-state index in [2.05, 4.69) is 10.3 Å². The Balaban J connectivity index is 1.98. The number of benzene rings is 1. The van der Waals surface area contributed by atoms with E-state index in [9.17, 15) is 4.79 Å². The van der Waals surface area contributed by atoms with E-state index in [1.54, 1.807) is 41.2 Å². The second-order valence-electron chi connectivity index (χ2n) is 3.77. The molecule has 1 amide bonds. The van der Waals surface area contributed by atoms with E-state index < -0.39 is 0 Å². The summed E-state index contributed by atoms with van der Waals surface area (Å²) in [6.45, 7) is 2.12. The van der Waals surface area contributed by atoms with Crippen LogP contribution in [0.25, 0.3) is 0 Å². The highest BCUT2D eigenvalue weighted by Crippen LogP contribution is 2.10. The Hall–Kier alpha value is -2.30. The van der Waals surface area contributed by atoms with Crippen LogP contribution in [0.15, 0.2) is 36.7 Å². The van der Waals surface area contributed by atoms with Crippen molar-refractivity contribution in [3.63, 3.8) is 0 Å². The predicted octanol–water partition coefficient (Wildman–Crippen LogP) is 1.41. The highest BCUT2D eigenvalue weighted by atomic mass is 16.1. The maximum absolute atomic E-state index is 11.7. The lowest BCUT2D eigenvalue weighted by Crippen LogP contribution is -2.19. The lowest BCUT2D eigenvalue weighted by Gasteiger charge is -2.07. The molecule has 0 saturated carbocycles. The second-order valence-corrected chi connectivity index (χ2v) is 3.77. The molecule has 0 aliphatic heterocycles. The molecule has 0 spiro atoms. The van der Waals surface area contributed by atoms with Crippen molar-refractivity contribution in [1.82, 2.24) is 9.55 Å². The number of nitrogen functional groups attached to an aromatic ring is 1. The molecule has 17 heavy (non-hydrogen) atoms. The van der Waals surface area contributed by atoms with Crippen LogP contribution in [0.1, 0.15) is 5.82 Å². The molecule has 88 valence electrons. The molecular weight excluding hydrogens is 216 g/mol. The van der Waals surface area contributed by atoms with Crippen LogP contribution in [-0.2, 0) is 11.3 Å². The lowest BCUT2D eigenvalue weighted by atomic mass is 10.3. The van der Waals surface area contributed by atoms with Crippen LogP contribution in [0.2, 0.25) is 0 Å². The summed E-state index contributed by atoms with van der Waals surface area (Å²) in [7, 11) is 0. The highest BCUT2D eigenvalue weighted by molar-refractivity contribution is 5.90. The average molecular weight is 230 g/mol. The fraction of sp³-hybridized carbons (Fsp3) is 0.167. The molecule has 1 heterocycles. The third-order valence-electron chi connectivity index (χ3n) is 2.43. The van der Waals surface area contributed by atoms with Gasteiger partial charge in [0.25, 0.3) is 0 Å². The Bertz CT molecular complexity index is 516. The first kappa shape index (κ1) is 11.2. The molecule has 0 aliphatic rings. The molecule has 3 N–H and O–H groups in total. The summed E-state index contributed by atoms with van der Waals surface area (Å²) in [6, 6.07) is 7.04. The minimum Gasteiger partial charge on any atom is -0.399 e. The van der Waals surface area contributed by atoms with Gasteiger partial charge in [-0.15, -0.1) is 0 Å². The van der Waals surface area contributed by atoms with Crippen molar-refractivity contribution in [3.05, 3.63) is 42.5 Å². The van der Waals surface area contributed by atoms with Crippen LogP contribution in [0.5, 0.6) is 0 Å². The van der Waals surface area contributed by atoms with Crippen molar-refractivity contribution < 1.29 is 4.79 Å². The van der Waals surface area contributed by atoms with Crippen molar-refractivity contribution in [2.24, 2.45) is 0 Å². The quantitative estimate of drug-likeness (QED) is 0.783. The minimum atomic E-state index is -0.0872. The summed E-state index contributed by atoms with van der Waals surface area (Å²) in [5, 5.41) is 2.79. The SMILES string of the molecule is Cc1nccn1CC(=O)Nc1ccc(N)cc1. The molecule has 1 aromatic heterocycles. The van der Waals surface area contributed by atoms with Gasteiger partial charge in [-0.05, 0) is 31.2 Å². The second kappa shape index (κ2) is 4.69. The van der Waals surface area contributed by atoms with Crippen molar-refractivity contribution in [2.75, 3.05) is 11.1 Å². The smallest absolute Gasteiger partial charge is 0.244 e. The fourth-order valence-electron chi connectivity index (χ4n) is 1.49. The molecule has 0 fully saturated rings. The number of carbonyl (C=O) groups is 1. The van der Waals surface area contributed by atoms with E-state index in [0.29, 0.717) is 5.69 Å². The van der Waals surface area contributed by atoms with Crippen molar-refractivity contribution in [2.45, 2.75) is 13.5 Å². The topological polar surface area (TPSA) is 72.9 Å². The number of nitrogens with two attached hydrogens (primary N) is 1. The zero-order valence-corrected chi connectivity index (χ0v) is 9.55. The first-order valence-electron chi connectivity index (χ1n) is 5.28. The van der Waals surface area contributed by atoms with Crippen LogP contribution < -0.4 is 11.1 Å². The Labute approximate surface area is 99.3 Å². The van der Waals surface area contributed by atoms with E-state index in [1.165, 1.54) is 0 Å². The molecular formula is C12H14N4O. The molecule has 0 aliphatic carbocycles. The minimum absolute atomic E-state index is 0.0872. The molecule has 0 unspecified atom stereocenters. The molecule has 5 heteroatoms. The molecule has 5 nitrogen and oxygen atoms in total. The van der Waals surface area contributed by atoms with Crippen LogP contribution in [0, 0.1) is 6.92 Å². The zero-order valence-electron chi connectivity index (χ0n) is 9.55. The summed E-state index contributed by atoms with van der Waals surface area (Å²) in [5.41, 5.74) is 6.97. The van der Waals surface area contributed by atoms with Crippen LogP contribution in [0.4, 0.5) is 11.4 Å². The Kier molecular flexibility index (Phi) is 3.09. The van der Waals surface area contributed by atoms with Gasteiger partial charge >= 0.3 is 0 Å². The van der Waals surface area contributed by atoms with Gasteiger partial charge in [0, 0.05) is 23.8 Å². The van der Waals surface area contributed by atoms with E-state index in [-0.39, 0.29) is 12.5 Å². The van der Waals surface area contributed by atoms with Gasteiger partial charge in [-0.25, -0.2) is 4.98 Å². The number of hydrogen-bond acceptors (Lipinski definition) is 3. The van der Waals surface area contributed by atoms with Gasteiger partial charge in [0.05, 0.1) is 0 Å². The summed E-state index contributed by atoms with van der Waals surface area (Å²) >= 11 is 0. The molecule has 2 aromatic rings.